The number of hydrogen-bond acceptors (Lipinski definition) is 5. The van der Waals surface area contributed by atoms with Crippen LogP contribution in [-0.4, -0.2) is 33.2 Å². The predicted molar refractivity (Wildman–Crippen MR) is 102 cm³/mol. The summed E-state index contributed by atoms with van der Waals surface area (Å²) in [7, 11) is 0. The van der Waals surface area contributed by atoms with Gasteiger partial charge in [0, 0.05) is 17.6 Å². The largest absolute Gasteiger partial charge is 0.484 e. The first kappa shape index (κ1) is 19.5. The molecule has 146 valence electrons. The van der Waals surface area contributed by atoms with Crippen LogP contribution in [0, 0.1) is 5.82 Å². The van der Waals surface area contributed by atoms with Crippen molar-refractivity contribution in [1.82, 2.24) is 15.1 Å². The molecule has 6 nitrogen and oxygen atoms in total. The molecule has 0 aliphatic rings. The van der Waals surface area contributed by atoms with Gasteiger partial charge in [-0.1, -0.05) is 12.1 Å². The third kappa shape index (κ3) is 4.94. The van der Waals surface area contributed by atoms with Crippen molar-refractivity contribution >= 4 is 5.91 Å². The Morgan fingerprint density at radius 2 is 1.93 bits per heavy atom. The third-order valence-electron chi connectivity index (χ3n) is 4.16. The second-order valence-corrected chi connectivity index (χ2v) is 7.34. The Labute approximate surface area is 163 Å². The van der Waals surface area contributed by atoms with Crippen LogP contribution in [0.4, 0.5) is 4.39 Å². The van der Waals surface area contributed by atoms with Gasteiger partial charge in [0.25, 0.3) is 5.91 Å². The number of halogens is 1. The Balaban J connectivity index is 1.65. The van der Waals surface area contributed by atoms with Crippen molar-refractivity contribution in [2.24, 2.45) is 0 Å². The topological polar surface area (TPSA) is 68.5 Å². The molecule has 3 rings (SSSR count). The Bertz CT molecular complexity index is 919. The smallest absolute Gasteiger partial charge is 0.261 e. The average molecular weight is 383 g/mol. The monoisotopic (exact) mass is 383 g/mol. The van der Waals surface area contributed by atoms with Crippen molar-refractivity contribution in [3.8, 4) is 17.2 Å². The fourth-order valence-electron chi connectivity index (χ4n) is 2.73. The maximum absolute atomic E-state index is 13.5. The molecule has 3 aromatic rings. The molecule has 1 amide bonds. The van der Waals surface area contributed by atoms with Crippen LogP contribution in [0.25, 0.3) is 11.5 Å². The summed E-state index contributed by atoms with van der Waals surface area (Å²) in [6.07, 6.45) is 1.26. The third-order valence-corrected chi connectivity index (χ3v) is 4.16. The van der Waals surface area contributed by atoms with Crippen molar-refractivity contribution in [3.05, 3.63) is 66.3 Å². The number of carbonyl (C=O) groups is 1. The first-order valence-electron chi connectivity index (χ1n) is 8.87. The van der Waals surface area contributed by atoms with Gasteiger partial charge in [-0.3, -0.25) is 4.79 Å². The van der Waals surface area contributed by atoms with Crippen LogP contribution in [0.1, 0.15) is 26.3 Å². The highest BCUT2D eigenvalue weighted by atomic mass is 19.1. The van der Waals surface area contributed by atoms with Gasteiger partial charge in [-0.2, -0.15) is 0 Å². The minimum atomic E-state index is -0.436. The highest BCUT2D eigenvalue weighted by molar-refractivity contribution is 5.78. The molecule has 1 heterocycles. The lowest BCUT2D eigenvalue weighted by molar-refractivity contribution is -0.139. The van der Waals surface area contributed by atoms with Gasteiger partial charge >= 0.3 is 0 Å². The molecule has 1 aromatic heterocycles. The van der Waals surface area contributed by atoms with Gasteiger partial charge in [-0.05, 0) is 62.7 Å². The minimum Gasteiger partial charge on any atom is -0.484 e. The molecular weight excluding hydrogens is 361 g/mol. The standard InChI is InChI=1S/C21H22FN3O3/c1-21(2,3)25(12-15-5-4-6-17(22)11-15)19(26)13-27-18-9-7-16(8-10-18)20-24-23-14-28-20/h4-11,14H,12-13H2,1-3H3. The molecule has 0 radical (unpaired) electrons. The van der Waals surface area contributed by atoms with Gasteiger partial charge in [-0.15, -0.1) is 10.2 Å². The van der Waals surface area contributed by atoms with E-state index in [4.69, 9.17) is 9.15 Å². The number of benzene rings is 2. The van der Waals surface area contributed by atoms with E-state index in [0.717, 1.165) is 11.1 Å². The minimum absolute atomic E-state index is 0.119. The number of aromatic nitrogens is 2. The number of nitrogens with zero attached hydrogens (tertiary/aromatic N) is 3. The lowest BCUT2D eigenvalue weighted by Crippen LogP contribution is -2.47. The summed E-state index contributed by atoms with van der Waals surface area (Å²) < 4.78 is 24.3. The second kappa shape index (κ2) is 8.21. The van der Waals surface area contributed by atoms with Gasteiger partial charge in [0.2, 0.25) is 12.3 Å². The van der Waals surface area contributed by atoms with Crippen LogP contribution < -0.4 is 4.74 Å². The summed E-state index contributed by atoms with van der Waals surface area (Å²) >= 11 is 0. The van der Waals surface area contributed by atoms with E-state index in [9.17, 15) is 9.18 Å². The van der Waals surface area contributed by atoms with Crippen molar-refractivity contribution in [1.29, 1.82) is 0 Å². The average Bonchev–Trinajstić information content (AvgIpc) is 3.18. The second-order valence-electron chi connectivity index (χ2n) is 7.34. The van der Waals surface area contributed by atoms with Gasteiger partial charge in [0.05, 0.1) is 0 Å². The van der Waals surface area contributed by atoms with E-state index in [2.05, 4.69) is 10.2 Å². The van der Waals surface area contributed by atoms with Crippen LogP contribution >= 0.6 is 0 Å². The van der Waals surface area contributed by atoms with Gasteiger partial charge in [-0.25, -0.2) is 4.39 Å². The van der Waals surface area contributed by atoms with Crippen LogP contribution in [0.15, 0.2) is 59.3 Å². The Hall–Kier alpha value is -3.22. The van der Waals surface area contributed by atoms with E-state index in [1.54, 1.807) is 41.3 Å². The Morgan fingerprint density at radius 3 is 2.54 bits per heavy atom. The van der Waals surface area contributed by atoms with E-state index >= 15 is 0 Å². The zero-order valence-corrected chi connectivity index (χ0v) is 16.1. The van der Waals surface area contributed by atoms with E-state index in [1.807, 2.05) is 20.8 Å². The van der Waals surface area contributed by atoms with Crippen LogP contribution in [0.5, 0.6) is 5.75 Å². The van der Waals surface area contributed by atoms with Crippen molar-refractivity contribution in [2.45, 2.75) is 32.9 Å². The quantitative estimate of drug-likeness (QED) is 0.641. The first-order chi connectivity index (χ1) is 13.3. The molecule has 0 aliphatic carbocycles. The summed E-state index contributed by atoms with van der Waals surface area (Å²) in [5, 5.41) is 7.48. The SMILES string of the molecule is CC(C)(C)N(Cc1cccc(F)c1)C(=O)COc1ccc(-c2nnco2)cc1. The number of rotatable bonds is 6. The van der Waals surface area contributed by atoms with Gasteiger partial charge < -0.3 is 14.1 Å². The van der Waals surface area contributed by atoms with Crippen LogP contribution in [0.2, 0.25) is 0 Å². The molecular formula is C21H22FN3O3. The maximum atomic E-state index is 13.5. The zero-order valence-electron chi connectivity index (χ0n) is 16.1. The van der Waals surface area contributed by atoms with Crippen molar-refractivity contribution in [2.75, 3.05) is 6.61 Å². The molecule has 0 fully saturated rings. The zero-order chi connectivity index (χ0) is 20.1. The molecule has 0 atom stereocenters. The Morgan fingerprint density at radius 1 is 1.18 bits per heavy atom. The summed E-state index contributed by atoms with van der Waals surface area (Å²) in [6.45, 7) is 5.99. The van der Waals surface area contributed by atoms with E-state index in [1.165, 1.54) is 18.5 Å². The summed E-state index contributed by atoms with van der Waals surface area (Å²) in [6, 6.07) is 13.3. The first-order valence-corrected chi connectivity index (χ1v) is 8.87. The molecule has 0 saturated carbocycles. The van der Waals surface area contributed by atoms with E-state index < -0.39 is 5.54 Å². The summed E-state index contributed by atoms with van der Waals surface area (Å²) in [4.78, 5) is 14.5. The molecule has 0 bridgehead atoms. The molecule has 0 spiro atoms. The van der Waals surface area contributed by atoms with Crippen molar-refractivity contribution < 1.29 is 18.3 Å². The maximum Gasteiger partial charge on any atom is 0.261 e. The van der Waals surface area contributed by atoms with E-state index in [-0.39, 0.29) is 18.3 Å². The van der Waals surface area contributed by atoms with E-state index in [0.29, 0.717) is 18.2 Å². The summed E-state index contributed by atoms with van der Waals surface area (Å²) in [5.74, 6) is 0.460. The molecule has 7 heteroatoms. The van der Waals surface area contributed by atoms with Crippen LogP contribution in [-0.2, 0) is 11.3 Å². The molecule has 28 heavy (non-hydrogen) atoms. The molecule has 0 saturated heterocycles. The predicted octanol–water partition coefficient (Wildman–Crippen LogP) is 4.08. The Kier molecular flexibility index (Phi) is 5.73. The van der Waals surface area contributed by atoms with Crippen LogP contribution in [0.3, 0.4) is 0 Å². The van der Waals surface area contributed by atoms with Gasteiger partial charge in [0.15, 0.2) is 6.61 Å². The fourth-order valence-corrected chi connectivity index (χ4v) is 2.73. The van der Waals surface area contributed by atoms with Gasteiger partial charge in [0.1, 0.15) is 11.6 Å². The normalized spacial score (nSPS) is 11.3. The highest BCUT2D eigenvalue weighted by Gasteiger charge is 2.27. The van der Waals surface area contributed by atoms with Crippen molar-refractivity contribution in [3.63, 3.8) is 0 Å². The number of carbonyl (C=O) groups excluding carboxylic acids is 1. The lowest BCUT2D eigenvalue weighted by atomic mass is 10.0. The fraction of sp³-hybridized carbons (Fsp3) is 0.286. The molecule has 2 aromatic carbocycles. The molecule has 0 unspecified atom stereocenters. The molecule has 0 aliphatic heterocycles. The lowest BCUT2D eigenvalue weighted by Gasteiger charge is -2.35. The number of hydrogen-bond donors (Lipinski definition) is 0. The number of amides is 1. The highest BCUT2D eigenvalue weighted by Crippen LogP contribution is 2.22. The summed E-state index contributed by atoms with van der Waals surface area (Å²) in [5.41, 5.74) is 1.06. The number of ether oxygens (including phenoxy) is 1. The molecule has 0 N–H and O–H groups in total.